The van der Waals surface area contributed by atoms with Gasteiger partial charge in [-0.25, -0.2) is 9.18 Å². The zero-order valence-electron chi connectivity index (χ0n) is 17.9. The van der Waals surface area contributed by atoms with Crippen molar-refractivity contribution in [2.24, 2.45) is 0 Å². The Hall–Kier alpha value is -4.08. The van der Waals surface area contributed by atoms with Crippen molar-refractivity contribution < 1.29 is 27.1 Å². The molecule has 0 aliphatic heterocycles. The van der Waals surface area contributed by atoms with Gasteiger partial charge in [0.1, 0.15) is 11.6 Å². The summed E-state index contributed by atoms with van der Waals surface area (Å²) in [7, 11) is 1.27. The molecule has 10 heteroatoms. The number of aromatic nitrogens is 2. The molecule has 0 saturated heterocycles. The molecular weight excluding hydrogens is 454 g/mol. The summed E-state index contributed by atoms with van der Waals surface area (Å²) in [5, 5.41) is 2.48. The van der Waals surface area contributed by atoms with Gasteiger partial charge in [-0.1, -0.05) is 18.2 Å². The number of nitrogens with zero attached hydrogens (tertiary/aromatic N) is 1. The van der Waals surface area contributed by atoms with Gasteiger partial charge in [-0.2, -0.15) is 13.2 Å². The third-order valence-electron chi connectivity index (χ3n) is 5.33. The second-order valence-corrected chi connectivity index (χ2v) is 7.58. The van der Waals surface area contributed by atoms with Crippen LogP contribution in [0.25, 0.3) is 11.0 Å². The SMILES string of the molecule is COc1ccc(CNC(=O)c2ccc3c(c2)[nH]c(=O)n3Cc2cccc(F)c2)c(C(F)(F)F)c1. The van der Waals surface area contributed by atoms with E-state index in [1.165, 1.54) is 48.1 Å². The number of carbonyl (C=O) groups excluding carboxylic acids is 1. The van der Waals surface area contributed by atoms with E-state index in [0.717, 1.165) is 6.07 Å². The van der Waals surface area contributed by atoms with E-state index in [2.05, 4.69) is 10.3 Å². The van der Waals surface area contributed by atoms with Crippen LogP contribution >= 0.6 is 0 Å². The number of fused-ring (bicyclic) bond motifs is 1. The minimum absolute atomic E-state index is 0.0551. The molecule has 0 radical (unpaired) electrons. The number of aromatic amines is 1. The Kier molecular flexibility index (Phi) is 6.14. The van der Waals surface area contributed by atoms with Gasteiger partial charge in [0.15, 0.2) is 0 Å². The van der Waals surface area contributed by atoms with Gasteiger partial charge in [0.2, 0.25) is 0 Å². The van der Waals surface area contributed by atoms with E-state index in [1.54, 1.807) is 18.2 Å². The first-order valence-electron chi connectivity index (χ1n) is 10.1. The summed E-state index contributed by atoms with van der Waals surface area (Å²) >= 11 is 0. The highest BCUT2D eigenvalue weighted by molar-refractivity contribution is 5.97. The summed E-state index contributed by atoms with van der Waals surface area (Å²) in [6.45, 7) is -0.230. The standard InChI is InChI=1S/C24H19F4N3O3/c1-34-18-7-5-16(19(11-18)24(26,27)28)12-29-22(32)15-6-8-21-20(10-15)30-23(33)31(21)13-14-3-2-4-17(25)9-14/h2-11H,12-13H2,1H3,(H,29,32)(H,30,33). The molecule has 0 spiro atoms. The lowest BCUT2D eigenvalue weighted by Crippen LogP contribution is -2.24. The minimum Gasteiger partial charge on any atom is -0.497 e. The summed E-state index contributed by atoms with van der Waals surface area (Å²) in [6, 6.07) is 13.8. The van der Waals surface area contributed by atoms with Gasteiger partial charge < -0.3 is 15.0 Å². The average Bonchev–Trinajstić information content (AvgIpc) is 3.11. The highest BCUT2D eigenvalue weighted by Gasteiger charge is 2.33. The second-order valence-electron chi connectivity index (χ2n) is 7.58. The maximum absolute atomic E-state index is 13.5. The number of halogens is 4. The topological polar surface area (TPSA) is 76.1 Å². The molecule has 6 nitrogen and oxygen atoms in total. The van der Waals surface area contributed by atoms with Crippen LogP contribution in [0.5, 0.6) is 5.75 Å². The summed E-state index contributed by atoms with van der Waals surface area (Å²) < 4.78 is 59.9. The lowest BCUT2D eigenvalue weighted by atomic mass is 10.1. The van der Waals surface area contributed by atoms with E-state index in [4.69, 9.17) is 4.74 Å². The molecule has 4 rings (SSSR count). The Bertz CT molecular complexity index is 1420. The molecule has 0 aliphatic carbocycles. The number of nitrogens with one attached hydrogen (secondary N) is 2. The van der Waals surface area contributed by atoms with E-state index in [0.29, 0.717) is 16.6 Å². The van der Waals surface area contributed by atoms with Crippen molar-refractivity contribution in [1.29, 1.82) is 0 Å². The van der Waals surface area contributed by atoms with Crippen molar-refractivity contribution in [3.63, 3.8) is 0 Å². The van der Waals surface area contributed by atoms with E-state index in [9.17, 15) is 27.2 Å². The summed E-state index contributed by atoms with van der Waals surface area (Å²) in [6.07, 6.45) is -4.61. The van der Waals surface area contributed by atoms with Gasteiger partial charge in [0, 0.05) is 12.1 Å². The number of methoxy groups -OCH3 is 1. The Morgan fingerprint density at radius 1 is 1.09 bits per heavy atom. The van der Waals surface area contributed by atoms with Gasteiger partial charge in [-0.05, 0) is 53.6 Å². The number of alkyl halides is 3. The first-order chi connectivity index (χ1) is 16.2. The normalized spacial score (nSPS) is 11.6. The van der Waals surface area contributed by atoms with E-state index < -0.39 is 29.2 Å². The van der Waals surface area contributed by atoms with Crippen molar-refractivity contribution in [2.45, 2.75) is 19.3 Å². The maximum Gasteiger partial charge on any atom is 0.416 e. The van der Waals surface area contributed by atoms with Crippen LogP contribution in [0.3, 0.4) is 0 Å². The van der Waals surface area contributed by atoms with Crippen LogP contribution in [-0.2, 0) is 19.3 Å². The maximum atomic E-state index is 13.5. The van der Waals surface area contributed by atoms with Crippen LogP contribution in [0, 0.1) is 5.82 Å². The fourth-order valence-electron chi connectivity index (χ4n) is 3.66. The van der Waals surface area contributed by atoms with Gasteiger partial charge in [-0.3, -0.25) is 9.36 Å². The molecule has 3 aromatic carbocycles. The molecule has 0 aliphatic rings. The van der Waals surface area contributed by atoms with Gasteiger partial charge in [0.05, 0.1) is 30.3 Å². The molecule has 1 heterocycles. The van der Waals surface area contributed by atoms with Crippen LogP contribution in [-0.4, -0.2) is 22.6 Å². The Morgan fingerprint density at radius 3 is 2.59 bits per heavy atom. The van der Waals surface area contributed by atoms with Crippen molar-refractivity contribution in [2.75, 3.05) is 7.11 Å². The Balaban J connectivity index is 1.55. The number of amides is 1. The number of hydrogen-bond donors (Lipinski definition) is 2. The van der Waals surface area contributed by atoms with Crippen LogP contribution in [0.15, 0.2) is 65.5 Å². The van der Waals surface area contributed by atoms with Crippen LogP contribution < -0.4 is 15.7 Å². The molecule has 0 fully saturated rings. The first-order valence-corrected chi connectivity index (χ1v) is 10.1. The van der Waals surface area contributed by atoms with Crippen LogP contribution in [0.1, 0.15) is 27.0 Å². The lowest BCUT2D eigenvalue weighted by Gasteiger charge is -2.15. The van der Waals surface area contributed by atoms with Gasteiger partial charge >= 0.3 is 11.9 Å². The minimum atomic E-state index is -4.61. The number of rotatable bonds is 6. The molecule has 176 valence electrons. The zero-order chi connectivity index (χ0) is 24.5. The third kappa shape index (κ3) is 4.80. The number of hydrogen-bond acceptors (Lipinski definition) is 3. The molecule has 0 saturated carbocycles. The molecule has 1 amide bonds. The number of carbonyl (C=O) groups is 1. The van der Waals surface area contributed by atoms with Crippen LogP contribution in [0.4, 0.5) is 17.6 Å². The van der Waals surface area contributed by atoms with Crippen molar-refractivity contribution in [3.05, 3.63) is 99.2 Å². The zero-order valence-corrected chi connectivity index (χ0v) is 17.9. The average molecular weight is 473 g/mol. The van der Waals surface area contributed by atoms with Crippen LogP contribution in [0.2, 0.25) is 0 Å². The van der Waals surface area contributed by atoms with Gasteiger partial charge in [-0.15, -0.1) is 0 Å². The number of benzene rings is 3. The molecule has 0 bridgehead atoms. The molecule has 0 unspecified atom stereocenters. The number of imidazole rings is 1. The highest BCUT2D eigenvalue weighted by atomic mass is 19.4. The Morgan fingerprint density at radius 2 is 1.88 bits per heavy atom. The molecule has 34 heavy (non-hydrogen) atoms. The summed E-state index contributed by atoms with van der Waals surface area (Å²) in [5.41, 5.74) is 0.164. The highest BCUT2D eigenvalue weighted by Crippen LogP contribution is 2.34. The molecular formula is C24H19F4N3O3. The van der Waals surface area contributed by atoms with E-state index in [1.807, 2.05) is 0 Å². The van der Waals surface area contributed by atoms with Gasteiger partial charge in [0.25, 0.3) is 5.91 Å². The fourth-order valence-corrected chi connectivity index (χ4v) is 3.66. The monoisotopic (exact) mass is 473 g/mol. The predicted octanol–water partition coefficient (Wildman–Crippen LogP) is 4.47. The lowest BCUT2D eigenvalue weighted by molar-refractivity contribution is -0.138. The Labute approximate surface area is 190 Å². The van der Waals surface area contributed by atoms with E-state index >= 15 is 0 Å². The first kappa shape index (κ1) is 23.1. The van der Waals surface area contributed by atoms with E-state index in [-0.39, 0.29) is 30.0 Å². The fraction of sp³-hybridized carbons (Fsp3) is 0.167. The third-order valence-corrected chi connectivity index (χ3v) is 5.33. The number of ether oxygens (including phenoxy) is 1. The second kappa shape index (κ2) is 9.05. The predicted molar refractivity (Wildman–Crippen MR) is 117 cm³/mol. The molecule has 4 aromatic rings. The number of H-pyrrole nitrogens is 1. The smallest absolute Gasteiger partial charge is 0.416 e. The molecule has 1 aromatic heterocycles. The largest absolute Gasteiger partial charge is 0.497 e. The summed E-state index contributed by atoms with van der Waals surface area (Å²) in [4.78, 5) is 27.7. The van der Waals surface area contributed by atoms with Crippen molar-refractivity contribution >= 4 is 16.9 Å². The van der Waals surface area contributed by atoms with Crippen molar-refractivity contribution in [1.82, 2.24) is 14.9 Å². The molecule has 2 N–H and O–H groups in total. The molecule has 0 atom stereocenters. The summed E-state index contributed by atoms with van der Waals surface area (Å²) in [5.74, 6) is -0.973. The quantitative estimate of drug-likeness (QED) is 0.406. The van der Waals surface area contributed by atoms with Crippen molar-refractivity contribution in [3.8, 4) is 5.75 Å².